The van der Waals surface area contributed by atoms with Gasteiger partial charge in [0.1, 0.15) is 0 Å². The quantitative estimate of drug-likeness (QED) is 0.670. The van der Waals surface area contributed by atoms with Crippen LogP contribution in [0.3, 0.4) is 0 Å². The van der Waals surface area contributed by atoms with Crippen molar-refractivity contribution in [1.82, 2.24) is 15.5 Å². The molecule has 7 nitrogen and oxygen atoms in total. The number of anilines is 2. The van der Waals surface area contributed by atoms with E-state index in [9.17, 15) is 4.79 Å². The molecular weight excluding hydrogens is 366 g/mol. The number of carbonyl (C=O) groups is 1. The van der Waals surface area contributed by atoms with E-state index >= 15 is 0 Å². The predicted octanol–water partition coefficient (Wildman–Crippen LogP) is 4.42. The Hall–Kier alpha value is -3.35. The molecule has 0 atom stereocenters. The SMILES string of the molecule is CN(C)c1cccc(CNC(=O)Nc2ccc(-c3noc(C(C)(C)C)n3)cc2)c1. The average molecular weight is 393 g/mol. The van der Waals surface area contributed by atoms with Crippen LogP contribution < -0.4 is 15.5 Å². The fourth-order valence-electron chi connectivity index (χ4n) is 2.65. The minimum Gasteiger partial charge on any atom is -0.378 e. The maximum Gasteiger partial charge on any atom is 0.319 e. The van der Waals surface area contributed by atoms with Crippen LogP contribution in [0.5, 0.6) is 0 Å². The van der Waals surface area contributed by atoms with Gasteiger partial charge < -0.3 is 20.1 Å². The molecule has 3 rings (SSSR count). The zero-order valence-corrected chi connectivity index (χ0v) is 17.5. The highest BCUT2D eigenvalue weighted by atomic mass is 16.5. The number of urea groups is 1. The predicted molar refractivity (Wildman–Crippen MR) is 115 cm³/mol. The number of carbonyl (C=O) groups excluding carboxylic acids is 1. The van der Waals surface area contributed by atoms with E-state index < -0.39 is 0 Å². The maximum atomic E-state index is 12.2. The molecule has 0 fully saturated rings. The summed E-state index contributed by atoms with van der Waals surface area (Å²) in [6, 6.07) is 15.1. The van der Waals surface area contributed by atoms with Crippen molar-refractivity contribution < 1.29 is 9.32 Å². The number of hydrogen-bond acceptors (Lipinski definition) is 5. The normalized spacial score (nSPS) is 11.2. The molecule has 0 aliphatic heterocycles. The number of nitrogens with zero attached hydrogens (tertiary/aromatic N) is 3. The maximum absolute atomic E-state index is 12.2. The van der Waals surface area contributed by atoms with E-state index in [1.54, 1.807) is 0 Å². The molecular formula is C22H27N5O2. The minimum atomic E-state index is -0.261. The molecule has 1 heterocycles. The number of aromatic nitrogens is 2. The van der Waals surface area contributed by atoms with Crippen LogP contribution in [0.4, 0.5) is 16.2 Å². The molecule has 0 unspecified atom stereocenters. The molecule has 3 aromatic rings. The number of hydrogen-bond donors (Lipinski definition) is 2. The summed E-state index contributed by atoms with van der Waals surface area (Å²) in [5.41, 5.74) is 3.45. The average Bonchev–Trinajstić information content (AvgIpc) is 3.18. The van der Waals surface area contributed by atoms with Crippen LogP contribution >= 0.6 is 0 Å². The van der Waals surface area contributed by atoms with Gasteiger partial charge in [0.05, 0.1) is 0 Å². The van der Waals surface area contributed by atoms with Crippen LogP contribution in [0.25, 0.3) is 11.4 Å². The molecule has 0 aliphatic carbocycles. The third-order valence-corrected chi connectivity index (χ3v) is 4.35. The second-order valence-corrected chi connectivity index (χ2v) is 8.12. The standard InChI is InChI=1S/C22H27N5O2/c1-22(2,3)20-25-19(26-29-20)16-9-11-17(12-10-16)24-21(28)23-14-15-7-6-8-18(13-15)27(4)5/h6-13H,14H2,1-5H3,(H2,23,24,28). The van der Waals surface area contributed by atoms with E-state index in [2.05, 4.69) is 20.8 Å². The second-order valence-electron chi connectivity index (χ2n) is 8.12. The minimum absolute atomic E-state index is 0.198. The summed E-state index contributed by atoms with van der Waals surface area (Å²) in [6.07, 6.45) is 0. The van der Waals surface area contributed by atoms with Gasteiger partial charge in [-0.1, -0.05) is 38.1 Å². The molecule has 2 N–H and O–H groups in total. The van der Waals surface area contributed by atoms with Gasteiger partial charge in [0.25, 0.3) is 0 Å². The third kappa shape index (κ3) is 5.34. The molecule has 7 heteroatoms. The molecule has 2 aromatic carbocycles. The van der Waals surface area contributed by atoms with Crippen molar-refractivity contribution in [3.8, 4) is 11.4 Å². The van der Waals surface area contributed by atoms with Gasteiger partial charge in [0.15, 0.2) is 0 Å². The monoisotopic (exact) mass is 393 g/mol. The highest BCUT2D eigenvalue weighted by Gasteiger charge is 2.22. The molecule has 0 aliphatic rings. The van der Waals surface area contributed by atoms with E-state index in [1.165, 1.54) is 0 Å². The van der Waals surface area contributed by atoms with Crippen LogP contribution in [-0.4, -0.2) is 30.3 Å². The van der Waals surface area contributed by atoms with E-state index in [4.69, 9.17) is 4.52 Å². The van der Waals surface area contributed by atoms with Crippen molar-refractivity contribution in [2.45, 2.75) is 32.7 Å². The Balaban J connectivity index is 1.57. The molecule has 152 valence electrons. The first kappa shape index (κ1) is 20.4. The number of amides is 2. The lowest BCUT2D eigenvalue weighted by Crippen LogP contribution is -2.28. The van der Waals surface area contributed by atoms with E-state index in [0.717, 1.165) is 16.8 Å². The Morgan fingerprint density at radius 3 is 2.45 bits per heavy atom. The van der Waals surface area contributed by atoms with Gasteiger partial charge >= 0.3 is 6.03 Å². The first-order chi connectivity index (χ1) is 13.7. The molecule has 0 radical (unpaired) electrons. The van der Waals surface area contributed by atoms with Crippen LogP contribution in [0.1, 0.15) is 32.2 Å². The van der Waals surface area contributed by atoms with E-state index in [1.807, 2.05) is 88.3 Å². The summed E-state index contributed by atoms with van der Waals surface area (Å²) in [6.45, 7) is 6.51. The summed E-state index contributed by atoms with van der Waals surface area (Å²) in [5, 5.41) is 9.74. The van der Waals surface area contributed by atoms with Crippen molar-refractivity contribution in [1.29, 1.82) is 0 Å². The third-order valence-electron chi connectivity index (χ3n) is 4.35. The first-order valence-corrected chi connectivity index (χ1v) is 9.48. The summed E-state index contributed by atoms with van der Waals surface area (Å²) < 4.78 is 5.33. The lowest BCUT2D eigenvalue weighted by Gasteiger charge is -2.14. The summed E-state index contributed by atoms with van der Waals surface area (Å²) in [4.78, 5) is 18.7. The number of benzene rings is 2. The number of rotatable bonds is 5. The Kier molecular flexibility index (Phi) is 5.87. The van der Waals surface area contributed by atoms with E-state index in [0.29, 0.717) is 23.9 Å². The zero-order valence-electron chi connectivity index (χ0n) is 17.5. The number of nitrogens with one attached hydrogen (secondary N) is 2. The molecule has 29 heavy (non-hydrogen) atoms. The Morgan fingerprint density at radius 2 is 1.83 bits per heavy atom. The molecule has 0 spiro atoms. The highest BCUT2D eigenvalue weighted by Crippen LogP contribution is 2.24. The summed E-state index contributed by atoms with van der Waals surface area (Å²) >= 11 is 0. The fourth-order valence-corrected chi connectivity index (χ4v) is 2.65. The van der Waals surface area contributed by atoms with Crippen LogP contribution in [-0.2, 0) is 12.0 Å². The van der Waals surface area contributed by atoms with Gasteiger partial charge in [-0.2, -0.15) is 4.98 Å². The van der Waals surface area contributed by atoms with Crippen LogP contribution in [0.15, 0.2) is 53.1 Å². The summed E-state index contributed by atoms with van der Waals surface area (Å²) in [7, 11) is 3.98. The molecule has 0 saturated carbocycles. The van der Waals surface area contributed by atoms with Gasteiger partial charge in [0.2, 0.25) is 11.7 Å². The Morgan fingerprint density at radius 1 is 1.10 bits per heavy atom. The van der Waals surface area contributed by atoms with Gasteiger partial charge in [0, 0.05) is 43.0 Å². The Labute approximate surface area is 171 Å². The van der Waals surface area contributed by atoms with Gasteiger partial charge in [-0.25, -0.2) is 4.79 Å². The van der Waals surface area contributed by atoms with E-state index in [-0.39, 0.29) is 11.4 Å². The van der Waals surface area contributed by atoms with Gasteiger partial charge in [-0.05, 0) is 42.0 Å². The second kappa shape index (κ2) is 8.34. The highest BCUT2D eigenvalue weighted by molar-refractivity contribution is 5.89. The van der Waals surface area contributed by atoms with Crippen LogP contribution in [0, 0.1) is 0 Å². The lowest BCUT2D eigenvalue weighted by atomic mass is 9.97. The van der Waals surface area contributed by atoms with Crippen molar-refractivity contribution in [2.75, 3.05) is 24.3 Å². The van der Waals surface area contributed by atoms with Crippen molar-refractivity contribution in [3.63, 3.8) is 0 Å². The Bertz CT molecular complexity index is 971. The lowest BCUT2D eigenvalue weighted by molar-refractivity contribution is 0.251. The summed E-state index contributed by atoms with van der Waals surface area (Å²) in [5.74, 6) is 1.12. The van der Waals surface area contributed by atoms with Crippen molar-refractivity contribution in [2.24, 2.45) is 0 Å². The zero-order chi connectivity index (χ0) is 21.0. The fraction of sp³-hybridized carbons (Fsp3) is 0.318. The molecule has 2 amide bonds. The molecule has 1 aromatic heterocycles. The van der Waals surface area contributed by atoms with Crippen LogP contribution in [0.2, 0.25) is 0 Å². The van der Waals surface area contributed by atoms with Crippen molar-refractivity contribution >= 4 is 17.4 Å². The molecule has 0 bridgehead atoms. The van der Waals surface area contributed by atoms with Crippen molar-refractivity contribution in [3.05, 3.63) is 60.0 Å². The smallest absolute Gasteiger partial charge is 0.319 e. The van der Waals surface area contributed by atoms with Gasteiger partial charge in [-0.3, -0.25) is 0 Å². The first-order valence-electron chi connectivity index (χ1n) is 9.48. The molecule has 0 saturated heterocycles. The van der Waals surface area contributed by atoms with Gasteiger partial charge in [-0.15, -0.1) is 0 Å². The largest absolute Gasteiger partial charge is 0.378 e. The topological polar surface area (TPSA) is 83.3 Å².